The largest absolute Gasteiger partial charge is 0.432 e. The maximum absolute atomic E-state index is 11.2. The predicted octanol–water partition coefficient (Wildman–Crippen LogP) is 0.610. The van der Waals surface area contributed by atoms with Crippen molar-refractivity contribution in [1.29, 1.82) is 0 Å². The van der Waals surface area contributed by atoms with Crippen LogP contribution in [0.15, 0.2) is 24.3 Å². The van der Waals surface area contributed by atoms with Gasteiger partial charge in [-0.1, -0.05) is 23.7 Å². The van der Waals surface area contributed by atoms with E-state index in [1.165, 1.54) is 4.72 Å². The van der Waals surface area contributed by atoms with Gasteiger partial charge in [-0.25, -0.2) is 8.91 Å². The van der Waals surface area contributed by atoms with E-state index in [-0.39, 0.29) is 12.6 Å². The monoisotopic (exact) mass is 248 g/mol. The van der Waals surface area contributed by atoms with Gasteiger partial charge in [0.05, 0.1) is 6.61 Å². The molecule has 1 aromatic rings. The Kier molecular flexibility index (Phi) is 2.97. The van der Waals surface area contributed by atoms with Crippen molar-refractivity contribution >= 4 is 21.9 Å². The summed E-state index contributed by atoms with van der Waals surface area (Å²) in [7, 11) is -3.45. The van der Waals surface area contributed by atoms with Crippen molar-refractivity contribution in [2.24, 2.45) is 0 Å². The van der Waals surface area contributed by atoms with Crippen LogP contribution in [0.3, 0.4) is 0 Å². The molecule has 0 bridgehead atoms. The molecule has 4 nitrogen and oxygen atoms in total. The number of halogens is 1. The molecule has 2 N–H and O–H groups in total. The van der Waals surface area contributed by atoms with Crippen molar-refractivity contribution in [2.45, 2.75) is 12.5 Å². The fourth-order valence-corrected chi connectivity index (χ4v) is 2.78. The second-order valence-electron chi connectivity index (χ2n) is 3.40. The van der Waals surface area contributed by atoms with Crippen LogP contribution in [0.1, 0.15) is 18.0 Å². The van der Waals surface area contributed by atoms with E-state index in [2.05, 4.69) is 4.18 Å². The van der Waals surface area contributed by atoms with Crippen LogP contribution < -0.4 is 4.72 Å². The lowest BCUT2D eigenvalue weighted by molar-refractivity contribution is -0.564. The number of hydrogen-bond donors (Lipinski definition) is 1. The van der Waals surface area contributed by atoms with Gasteiger partial charge in [-0.15, -0.1) is 8.42 Å². The summed E-state index contributed by atoms with van der Waals surface area (Å²) in [4.78, 5) is 0. The van der Waals surface area contributed by atoms with Crippen LogP contribution in [0.4, 0.5) is 0 Å². The van der Waals surface area contributed by atoms with Crippen LogP contribution in [0, 0.1) is 0 Å². The van der Waals surface area contributed by atoms with Gasteiger partial charge in [0.25, 0.3) is 0 Å². The lowest BCUT2D eigenvalue weighted by Gasteiger charge is -2.19. The van der Waals surface area contributed by atoms with Gasteiger partial charge in [0.2, 0.25) is 0 Å². The van der Waals surface area contributed by atoms with E-state index in [1.54, 1.807) is 12.1 Å². The summed E-state index contributed by atoms with van der Waals surface area (Å²) in [6.45, 7) is 0.242. The molecule has 1 aromatic carbocycles. The molecule has 2 rings (SSSR count). The number of rotatable bonds is 1. The molecule has 0 aliphatic carbocycles. The van der Waals surface area contributed by atoms with Crippen LogP contribution in [-0.4, -0.2) is 15.0 Å². The molecule has 1 aliphatic rings. The number of hydrogen-bond acceptors (Lipinski definition) is 3. The van der Waals surface area contributed by atoms with Gasteiger partial charge in [-0.05, 0) is 12.1 Å². The Hall–Kier alpha value is -0.620. The molecule has 82 valence electrons. The highest BCUT2D eigenvalue weighted by Crippen LogP contribution is 2.18. The zero-order chi connectivity index (χ0) is 10.9. The number of benzene rings is 1. The average molecular weight is 249 g/mol. The quantitative estimate of drug-likeness (QED) is 0.792. The summed E-state index contributed by atoms with van der Waals surface area (Å²) in [6.07, 6.45) is 0.681. The highest BCUT2D eigenvalue weighted by atomic mass is 35.5. The Balaban J connectivity index is 2.21. The van der Waals surface area contributed by atoms with Gasteiger partial charge in [0.1, 0.15) is 6.04 Å². The normalized spacial score (nSPS) is 25.0. The van der Waals surface area contributed by atoms with E-state index in [4.69, 9.17) is 11.6 Å². The first-order valence-corrected chi connectivity index (χ1v) is 6.41. The number of nitrogens with two attached hydrogens (primary N) is 1. The van der Waals surface area contributed by atoms with Crippen molar-refractivity contribution < 1.29 is 17.3 Å². The molecule has 1 saturated heterocycles. The summed E-state index contributed by atoms with van der Waals surface area (Å²) in [6, 6.07) is 7.09. The average Bonchev–Trinajstić information content (AvgIpc) is 2.17. The summed E-state index contributed by atoms with van der Waals surface area (Å²) < 4.78 is 28.3. The second kappa shape index (κ2) is 4.09. The van der Waals surface area contributed by atoms with Gasteiger partial charge < -0.3 is 0 Å². The van der Waals surface area contributed by atoms with E-state index in [1.807, 2.05) is 12.1 Å². The molecule has 0 aromatic heterocycles. The molecule has 1 aliphatic heterocycles. The molecule has 15 heavy (non-hydrogen) atoms. The molecule has 0 saturated carbocycles. The maximum atomic E-state index is 11.2. The molecule has 0 unspecified atom stereocenters. The highest BCUT2D eigenvalue weighted by Gasteiger charge is 2.29. The van der Waals surface area contributed by atoms with Crippen molar-refractivity contribution in [2.75, 3.05) is 6.61 Å². The fraction of sp³-hybridized carbons (Fsp3) is 0.333. The minimum atomic E-state index is -3.45. The minimum absolute atomic E-state index is 0.0963. The Morgan fingerprint density at radius 3 is 2.60 bits per heavy atom. The molecule has 6 heteroatoms. The molecule has 0 amide bonds. The van der Waals surface area contributed by atoms with E-state index in [0.717, 1.165) is 5.56 Å². The number of quaternary nitrogens is 1. The van der Waals surface area contributed by atoms with E-state index < -0.39 is 10.3 Å². The Labute approximate surface area is 93.5 Å². The molecule has 1 atom stereocenters. The van der Waals surface area contributed by atoms with Crippen molar-refractivity contribution in [3.05, 3.63) is 34.9 Å². The van der Waals surface area contributed by atoms with Gasteiger partial charge in [0, 0.05) is 17.0 Å². The van der Waals surface area contributed by atoms with E-state index in [0.29, 0.717) is 11.4 Å². The van der Waals surface area contributed by atoms with Gasteiger partial charge in [-0.2, -0.15) is 0 Å². The van der Waals surface area contributed by atoms with Gasteiger partial charge >= 0.3 is 10.3 Å². The Morgan fingerprint density at radius 1 is 1.33 bits per heavy atom. The van der Waals surface area contributed by atoms with Crippen LogP contribution in [0.25, 0.3) is 0 Å². The van der Waals surface area contributed by atoms with Crippen LogP contribution >= 0.6 is 11.6 Å². The highest BCUT2D eigenvalue weighted by molar-refractivity contribution is 7.79. The van der Waals surface area contributed by atoms with Crippen LogP contribution in [0.5, 0.6) is 0 Å². The Bertz CT molecular complexity index is 443. The smallest absolute Gasteiger partial charge is 0.226 e. The molecule has 1 fully saturated rings. The standard InChI is InChI=1S/C9H10ClNO3S/c10-8-3-1-7(2-4-8)9-5-6-14-15(12,13)11-9/h1-4,9,11H,5-6H2/p+1/t9-/m0/s1. The second-order valence-corrected chi connectivity index (χ2v) is 5.33. The summed E-state index contributed by atoms with van der Waals surface area (Å²) in [5.74, 6) is 0. The van der Waals surface area contributed by atoms with E-state index in [9.17, 15) is 8.42 Å². The molecular weight excluding hydrogens is 238 g/mol. The van der Waals surface area contributed by atoms with Gasteiger partial charge in [0.15, 0.2) is 0 Å². The lowest BCUT2D eigenvalue weighted by atomic mass is 10.1. The topological polar surface area (TPSA) is 60.0 Å². The lowest BCUT2D eigenvalue weighted by Crippen LogP contribution is -2.90. The zero-order valence-corrected chi connectivity index (χ0v) is 9.46. The van der Waals surface area contributed by atoms with Crippen molar-refractivity contribution in [3.8, 4) is 0 Å². The first-order chi connectivity index (χ1) is 7.07. The summed E-state index contributed by atoms with van der Waals surface area (Å²) >= 11 is 5.75. The van der Waals surface area contributed by atoms with Crippen molar-refractivity contribution in [3.63, 3.8) is 0 Å². The Morgan fingerprint density at radius 2 is 2.00 bits per heavy atom. The third kappa shape index (κ3) is 2.69. The maximum Gasteiger partial charge on any atom is 0.432 e. The molecule has 1 heterocycles. The third-order valence-corrected chi connectivity index (χ3v) is 3.71. The third-order valence-electron chi connectivity index (χ3n) is 2.31. The van der Waals surface area contributed by atoms with Crippen LogP contribution in [0.2, 0.25) is 5.02 Å². The zero-order valence-electron chi connectivity index (χ0n) is 7.89. The summed E-state index contributed by atoms with van der Waals surface area (Å²) in [5, 5.41) is 0.647. The molecular formula is C9H11ClNO3S+. The minimum Gasteiger partial charge on any atom is -0.226 e. The molecule has 0 spiro atoms. The van der Waals surface area contributed by atoms with Crippen molar-refractivity contribution in [1.82, 2.24) is 0 Å². The summed E-state index contributed by atoms with van der Waals surface area (Å²) in [5.41, 5.74) is 0.950. The first kappa shape index (κ1) is 10.9. The van der Waals surface area contributed by atoms with Crippen LogP contribution in [-0.2, 0) is 14.5 Å². The van der Waals surface area contributed by atoms with E-state index >= 15 is 0 Å². The predicted molar refractivity (Wildman–Crippen MR) is 55.6 cm³/mol. The molecule has 0 radical (unpaired) electrons. The SMILES string of the molecule is O=S1(=O)[NH2+][C@H](c2ccc(Cl)cc2)CCO1. The fourth-order valence-electron chi connectivity index (χ4n) is 1.55. The van der Waals surface area contributed by atoms with Gasteiger partial charge in [-0.3, -0.25) is 0 Å². The first-order valence-electron chi connectivity index (χ1n) is 4.56.